The van der Waals surface area contributed by atoms with Crippen molar-refractivity contribution in [1.29, 1.82) is 0 Å². The van der Waals surface area contributed by atoms with Crippen molar-refractivity contribution < 1.29 is 19.1 Å². The van der Waals surface area contributed by atoms with E-state index in [-0.39, 0.29) is 5.69 Å². The van der Waals surface area contributed by atoms with Crippen molar-refractivity contribution in [2.24, 2.45) is 0 Å². The summed E-state index contributed by atoms with van der Waals surface area (Å²) in [6.07, 6.45) is 3.72. The molecule has 0 radical (unpaired) electrons. The molecule has 0 atom stereocenters. The Labute approximate surface area is 153 Å². The molecule has 26 heavy (non-hydrogen) atoms. The van der Waals surface area contributed by atoms with E-state index in [1.807, 2.05) is 24.3 Å². The van der Waals surface area contributed by atoms with Crippen LogP contribution in [0.2, 0.25) is 0 Å². The van der Waals surface area contributed by atoms with Gasteiger partial charge in [0, 0.05) is 12.1 Å². The number of nitro benzene ring substituents is 1. The summed E-state index contributed by atoms with van der Waals surface area (Å²) >= 11 is 1.39. The summed E-state index contributed by atoms with van der Waals surface area (Å²) in [5.41, 5.74) is 1.64. The molecule has 0 aliphatic heterocycles. The summed E-state index contributed by atoms with van der Waals surface area (Å²) in [6, 6.07) is 8.30. The highest BCUT2D eigenvalue weighted by atomic mass is 32.1. The van der Waals surface area contributed by atoms with Gasteiger partial charge in [0.2, 0.25) is 5.75 Å². The Morgan fingerprint density at radius 1 is 1.04 bits per heavy atom. The number of nitrogens with zero attached hydrogens (tertiary/aromatic N) is 2. The zero-order valence-corrected chi connectivity index (χ0v) is 15.2. The maximum Gasteiger partial charge on any atom is 0.270 e. The minimum atomic E-state index is -0.412. The van der Waals surface area contributed by atoms with E-state index in [2.05, 4.69) is 4.98 Å². The Kier molecular flexibility index (Phi) is 5.04. The summed E-state index contributed by atoms with van der Waals surface area (Å²) in [7, 11) is 4.67. The standard InChI is InChI=1S/C18H16N2O5S/c1-23-14-8-11(9-15(24-2)18(14)25-3)4-7-17-19-13-6-5-12(20(21)22)10-16(13)26-17/h4-10H,1-3H3/b7-4+. The number of nitro groups is 1. The topological polar surface area (TPSA) is 83.7 Å². The lowest BCUT2D eigenvalue weighted by Gasteiger charge is -2.12. The number of benzene rings is 2. The van der Waals surface area contributed by atoms with Gasteiger partial charge in [-0.1, -0.05) is 6.08 Å². The molecule has 3 aromatic rings. The first kappa shape index (κ1) is 17.7. The number of methoxy groups -OCH3 is 3. The lowest BCUT2D eigenvalue weighted by molar-refractivity contribution is -0.384. The zero-order valence-electron chi connectivity index (χ0n) is 14.4. The van der Waals surface area contributed by atoms with E-state index in [0.717, 1.165) is 20.8 Å². The second-order valence-electron chi connectivity index (χ2n) is 5.25. The van der Waals surface area contributed by atoms with Crippen LogP contribution >= 0.6 is 11.3 Å². The molecular formula is C18H16N2O5S. The van der Waals surface area contributed by atoms with Crippen LogP contribution in [0.15, 0.2) is 30.3 Å². The number of non-ortho nitro benzene ring substituents is 1. The van der Waals surface area contributed by atoms with Crippen molar-refractivity contribution in [1.82, 2.24) is 4.98 Å². The van der Waals surface area contributed by atoms with Crippen LogP contribution in [-0.4, -0.2) is 31.2 Å². The molecule has 0 fully saturated rings. The zero-order chi connectivity index (χ0) is 18.7. The third-order valence-electron chi connectivity index (χ3n) is 3.70. The van der Waals surface area contributed by atoms with Crippen LogP contribution in [0.3, 0.4) is 0 Å². The van der Waals surface area contributed by atoms with Crippen LogP contribution in [-0.2, 0) is 0 Å². The third-order valence-corrected chi connectivity index (χ3v) is 4.69. The lowest BCUT2D eigenvalue weighted by atomic mass is 10.1. The highest BCUT2D eigenvalue weighted by molar-refractivity contribution is 7.19. The van der Waals surface area contributed by atoms with Gasteiger partial charge in [0.05, 0.1) is 36.5 Å². The van der Waals surface area contributed by atoms with Crippen molar-refractivity contribution in [3.63, 3.8) is 0 Å². The minimum absolute atomic E-state index is 0.0568. The van der Waals surface area contributed by atoms with Crippen LogP contribution in [0.1, 0.15) is 10.6 Å². The molecule has 0 saturated carbocycles. The monoisotopic (exact) mass is 372 g/mol. The Bertz CT molecular complexity index is 971. The maximum absolute atomic E-state index is 10.9. The van der Waals surface area contributed by atoms with Gasteiger partial charge < -0.3 is 14.2 Å². The molecule has 134 valence electrons. The Morgan fingerprint density at radius 2 is 1.73 bits per heavy atom. The van der Waals surface area contributed by atoms with Gasteiger partial charge in [-0.15, -0.1) is 11.3 Å². The second-order valence-corrected chi connectivity index (χ2v) is 6.32. The number of aromatic nitrogens is 1. The van der Waals surface area contributed by atoms with Gasteiger partial charge in [-0.3, -0.25) is 10.1 Å². The number of hydrogen-bond donors (Lipinski definition) is 0. The molecule has 0 aliphatic rings. The smallest absolute Gasteiger partial charge is 0.270 e. The first-order valence-corrected chi connectivity index (χ1v) is 8.40. The summed E-state index contributed by atoms with van der Waals surface area (Å²) in [5, 5.41) is 11.6. The molecule has 8 heteroatoms. The Balaban J connectivity index is 1.94. The van der Waals surface area contributed by atoms with Crippen LogP contribution in [0.25, 0.3) is 22.4 Å². The SMILES string of the molecule is COc1cc(/C=C/c2nc3ccc([N+](=O)[O-])cc3s2)cc(OC)c1OC. The van der Waals surface area contributed by atoms with Gasteiger partial charge in [0.1, 0.15) is 5.01 Å². The van der Waals surface area contributed by atoms with Gasteiger partial charge in [-0.25, -0.2) is 4.98 Å². The van der Waals surface area contributed by atoms with E-state index < -0.39 is 4.92 Å². The Hall–Kier alpha value is -3.13. The minimum Gasteiger partial charge on any atom is -0.493 e. The molecule has 0 bridgehead atoms. The summed E-state index contributed by atoms with van der Waals surface area (Å²) < 4.78 is 16.8. The van der Waals surface area contributed by atoms with Gasteiger partial charge in [-0.05, 0) is 29.8 Å². The molecule has 1 aromatic heterocycles. The summed E-state index contributed by atoms with van der Waals surface area (Å²) in [5.74, 6) is 1.65. The fraction of sp³-hybridized carbons (Fsp3) is 0.167. The molecule has 2 aromatic carbocycles. The van der Waals surface area contributed by atoms with E-state index in [9.17, 15) is 10.1 Å². The van der Waals surface area contributed by atoms with Gasteiger partial charge in [-0.2, -0.15) is 0 Å². The molecule has 0 amide bonds. The fourth-order valence-electron chi connectivity index (χ4n) is 2.48. The van der Waals surface area contributed by atoms with Crippen molar-refractivity contribution in [3.05, 3.63) is 51.0 Å². The van der Waals surface area contributed by atoms with Gasteiger partial charge in [0.25, 0.3) is 5.69 Å². The molecular weight excluding hydrogens is 356 g/mol. The van der Waals surface area contributed by atoms with Crippen molar-refractivity contribution >= 4 is 39.4 Å². The maximum atomic E-state index is 10.9. The molecule has 0 saturated heterocycles. The van der Waals surface area contributed by atoms with Crippen molar-refractivity contribution in [3.8, 4) is 17.2 Å². The van der Waals surface area contributed by atoms with E-state index in [0.29, 0.717) is 17.2 Å². The number of hydrogen-bond acceptors (Lipinski definition) is 7. The van der Waals surface area contributed by atoms with Crippen LogP contribution < -0.4 is 14.2 Å². The van der Waals surface area contributed by atoms with Crippen LogP contribution in [0.4, 0.5) is 5.69 Å². The molecule has 1 heterocycles. The van der Waals surface area contributed by atoms with Gasteiger partial charge in [0.15, 0.2) is 11.5 Å². The number of thiazole rings is 1. The first-order chi connectivity index (χ1) is 12.5. The molecule has 7 nitrogen and oxygen atoms in total. The van der Waals surface area contributed by atoms with E-state index >= 15 is 0 Å². The highest BCUT2D eigenvalue weighted by Crippen LogP contribution is 2.38. The molecule has 3 rings (SSSR count). The lowest BCUT2D eigenvalue weighted by Crippen LogP contribution is -1.95. The predicted molar refractivity (Wildman–Crippen MR) is 101 cm³/mol. The molecule has 0 spiro atoms. The summed E-state index contributed by atoms with van der Waals surface area (Å²) in [4.78, 5) is 14.9. The molecule has 0 aliphatic carbocycles. The Morgan fingerprint density at radius 3 is 2.31 bits per heavy atom. The first-order valence-electron chi connectivity index (χ1n) is 7.58. The number of rotatable bonds is 6. The number of ether oxygens (including phenoxy) is 3. The van der Waals surface area contributed by atoms with Crippen LogP contribution in [0, 0.1) is 10.1 Å². The normalized spacial score (nSPS) is 11.0. The molecule has 0 N–H and O–H groups in total. The van der Waals surface area contributed by atoms with Gasteiger partial charge >= 0.3 is 0 Å². The highest BCUT2D eigenvalue weighted by Gasteiger charge is 2.12. The van der Waals surface area contributed by atoms with Crippen molar-refractivity contribution in [2.45, 2.75) is 0 Å². The van der Waals surface area contributed by atoms with Crippen LogP contribution in [0.5, 0.6) is 17.2 Å². The quantitative estimate of drug-likeness (QED) is 0.471. The summed E-state index contributed by atoms with van der Waals surface area (Å²) in [6.45, 7) is 0. The largest absolute Gasteiger partial charge is 0.493 e. The predicted octanol–water partition coefficient (Wildman–Crippen LogP) is 4.40. The average molecular weight is 372 g/mol. The average Bonchev–Trinajstić information content (AvgIpc) is 3.07. The van der Waals surface area contributed by atoms with E-state index in [1.54, 1.807) is 27.4 Å². The third kappa shape index (κ3) is 3.45. The fourth-order valence-corrected chi connectivity index (χ4v) is 3.38. The second kappa shape index (κ2) is 7.40. The number of fused-ring (bicyclic) bond motifs is 1. The molecule has 0 unspecified atom stereocenters. The van der Waals surface area contributed by atoms with E-state index in [4.69, 9.17) is 14.2 Å². The van der Waals surface area contributed by atoms with E-state index in [1.165, 1.54) is 23.5 Å². The van der Waals surface area contributed by atoms with Crippen molar-refractivity contribution in [2.75, 3.05) is 21.3 Å².